The SMILES string of the molecule is CC1=C(n2nnc([N+](=O)[O-])n2)[C@H](c2cccc(I)c2)C(C#N)=C(N)O1. The van der Waals surface area contributed by atoms with Crippen molar-refractivity contribution >= 4 is 34.2 Å². The molecule has 0 fully saturated rings. The van der Waals surface area contributed by atoms with Gasteiger partial charge in [0.05, 0.1) is 21.3 Å². The van der Waals surface area contributed by atoms with Crippen molar-refractivity contribution in [2.75, 3.05) is 0 Å². The lowest BCUT2D eigenvalue weighted by molar-refractivity contribution is -0.394. The molecule has 2 aromatic rings. The lowest BCUT2D eigenvalue weighted by Crippen LogP contribution is -2.23. The van der Waals surface area contributed by atoms with Crippen LogP contribution in [0.3, 0.4) is 0 Å². The molecule has 1 aromatic heterocycles. The third-order valence-electron chi connectivity index (χ3n) is 3.54. The average Bonchev–Trinajstić information content (AvgIpc) is 3.04. The van der Waals surface area contributed by atoms with Crippen molar-refractivity contribution < 1.29 is 9.66 Å². The van der Waals surface area contributed by atoms with E-state index in [-0.39, 0.29) is 11.5 Å². The molecule has 1 aliphatic heterocycles. The molecular weight excluding hydrogens is 441 g/mol. The number of hydrogen-bond acceptors (Lipinski definition) is 8. The fourth-order valence-corrected chi connectivity index (χ4v) is 3.09. The minimum atomic E-state index is -0.751. The van der Waals surface area contributed by atoms with Crippen molar-refractivity contribution in [3.05, 3.63) is 60.7 Å². The van der Waals surface area contributed by atoms with Gasteiger partial charge in [0, 0.05) is 3.57 Å². The Morgan fingerprint density at radius 2 is 2.28 bits per heavy atom. The Morgan fingerprint density at radius 1 is 1.52 bits per heavy atom. The maximum Gasteiger partial charge on any atom is 0.515 e. The van der Waals surface area contributed by atoms with Crippen LogP contribution in [0.1, 0.15) is 18.4 Å². The van der Waals surface area contributed by atoms with Gasteiger partial charge in [-0.2, -0.15) is 5.26 Å². The summed E-state index contributed by atoms with van der Waals surface area (Å²) in [7, 11) is 0. The smallest absolute Gasteiger partial charge is 0.443 e. The topological polar surface area (TPSA) is 146 Å². The first-order chi connectivity index (χ1) is 11.9. The quantitative estimate of drug-likeness (QED) is 0.423. The molecule has 0 aliphatic carbocycles. The number of nitro groups is 1. The number of nitrogens with zero attached hydrogens (tertiary/aromatic N) is 6. The molecule has 126 valence electrons. The summed E-state index contributed by atoms with van der Waals surface area (Å²) in [5.74, 6) is -0.986. The molecule has 0 radical (unpaired) electrons. The predicted octanol–water partition coefficient (Wildman–Crippen LogP) is 1.88. The number of rotatable bonds is 3. The Balaban J connectivity index is 2.21. The highest BCUT2D eigenvalue weighted by molar-refractivity contribution is 14.1. The predicted molar refractivity (Wildman–Crippen MR) is 93.2 cm³/mol. The molecular formula is C14H10IN7O3. The van der Waals surface area contributed by atoms with Crippen LogP contribution in [0.25, 0.3) is 5.70 Å². The number of tetrazole rings is 1. The van der Waals surface area contributed by atoms with E-state index in [1.807, 2.05) is 30.3 Å². The van der Waals surface area contributed by atoms with Crippen molar-refractivity contribution in [1.29, 1.82) is 5.26 Å². The summed E-state index contributed by atoms with van der Waals surface area (Å²) in [6.45, 7) is 1.62. The van der Waals surface area contributed by atoms with Crippen LogP contribution in [-0.2, 0) is 4.74 Å². The number of nitrogens with two attached hydrogens (primary N) is 1. The zero-order valence-corrected chi connectivity index (χ0v) is 14.9. The number of benzene rings is 1. The first kappa shape index (κ1) is 16.8. The first-order valence-electron chi connectivity index (χ1n) is 6.91. The van der Waals surface area contributed by atoms with E-state index in [9.17, 15) is 15.4 Å². The largest absolute Gasteiger partial charge is 0.515 e. The second-order valence-corrected chi connectivity index (χ2v) is 6.30. The molecule has 0 saturated carbocycles. The van der Waals surface area contributed by atoms with Gasteiger partial charge in [-0.3, -0.25) is 0 Å². The number of hydrogen-bond donors (Lipinski definition) is 1. The fraction of sp³-hybridized carbons (Fsp3) is 0.143. The zero-order valence-electron chi connectivity index (χ0n) is 12.8. The summed E-state index contributed by atoms with van der Waals surface area (Å²) >= 11 is 2.15. The number of aromatic nitrogens is 4. The lowest BCUT2D eigenvalue weighted by Gasteiger charge is -2.25. The lowest BCUT2D eigenvalue weighted by atomic mass is 9.87. The Morgan fingerprint density at radius 3 is 2.88 bits per heavy atom. The zero-order chi connectivity index (χ0) is 18.1. The molecule has 2 N–H and O–H groups in total. The minimum absolute atomic E-state index is 0.0257. The molecule has 0 spiro atoms. The summed E-state index contributed by atoms with van der Waals surface area (Å²) in [6.07, 6.45) is 0. The van der Waals surface area contributed by atoms with Gasteiger partial charge in [-0.1, -0.05) is 16.9 Å². The Bertz CT molecular complexity index is 973. The summed E-state index contributed by atoms with van der Waals surface area (Å²) in [4.78, 5) is 11.1. The van der Waals surface area contributed by atoms with Crippen molar-refractivity contribution in [3.63, 3.8) is 0 Å². The van der Waals surface area contributed by atoms with Crippen molar-refractivity contribution in [2.45, 2.75) is 12.8 Å². The van der Waals surface area contributed by atoms with E-state index in [4.69, 9.17) is 10.5 Å². The molecule has 0 unspecified atom stereocenters. The van der Waals surface area contributed by atoms with Gasteiger partial charge in [0.2, 0.25) is 5.88 Å². The summed E-state index contributed by atoms with van der Waals surface area (Å²) in [6, 6.07) is 9.47. The highest BCUT2D eigenvalue weighted by Crippen LogP contribution is 2.41. The van der Waals surface area contributed by atoms with Crippen LogP contribution in [-0.4, -0.2) is 25.1 Å². The second kappa shape index (κ2) is 6.48. The molecule has 1 aliphatic rings. The number of nitriles is 1. The minimum Gasteiger partial charge on any atom is -0.443 e. The first-order valence-corrected chi connectivity index (χ1v) is 7.99. The van der Waals surface area contributed by atoms with Crippen LogP contribution < -0.4 is 5.73 Å². The van der Waals surface area contributed by atoms with Gasteiger partial charge < -0.3 is 20.6 Å². The average molecular weight is 451 g/mol. The maximum absolute atomic E-state index is 10.8. The monoisotopic (exact) mass is 451 g/mol. The van der Waals surface area contributed by atoms with E-state index in [1.165, 1.54) is 0 Å². The van der Waals surface area contributed by atoms with Gasteiger partial charge in [-0.05, 0) is 52.1 Å². The van der Waals surface area contributed by atoms with Crippen molar-refractivity contribution in [2.24, 2.45) is 5.73 Å². The normalized spacial score (nSPS) is 17.2. The molecule has 25 heavy (non-hydrogen) atoms. The van der Waals surface area contributed by atoms with Gasteiger partial charge in [0.1, 0.15) is 23.1 Å². The van der Waals surface area contributed by atoms with Crippen LogP contribution >= 0.6 is 22.6 Å². The molecule has 0 amide bonds. The Kier molecular flexibility index (Phi) is 4.36. The van der Waals surface area contributed by atoms with Crippen LogP contribution in [0.15, 0.2) is 41.5 Å². The van der Waals surface area contributed by atoms with Gasteiger partial charge in [-0.25, -0.2) is 0 Å². The number of allylic oxidation sites excluding steroid dienone is 3. The molecule has 11 heteroatoms. The summed E-state index contributed by atoms with van der Waals surface area (Å²) < 4.78 is 6.37. The van der Waals surface area contributed by atoms with Crippen molar-refractivity contribution in [3.8, 4) is 6.07 Å². The van der Waals surface area contributed by atoms with E-state index in [0.29, 0.717) is 11.5 Å². The van der Waals surface area contributed by atoms with Crippen molar-refractivity contribution in [1.82, 2.24) is 20.2 Å². The summed E-state index contributed by atoms with van der Waals surface area (Å²) in [5, 5.41) is 31.3. The van der Waals surface area contributed by atoms with Crippen LogP contribution in [0.5, 0.6) is 0 Å². The Labute approximate surface area is 154 Å². The molecule has 3 rings (SSSR count). The van der Waals surface area contributed by atoms with E-state index >= 15 is 0 Å². The standard InChI is InChI=1S/C14H10IN7O3/c1-7-12(21-19-14(18-20-21)22(23)24)11(10(6-16)13(17)25-7)8-3-2-4-9(15)5-8/h2-5,11H,17H2,1H3/t11-/m1/s1. The van der Waals surface area contributed by atoms with Crippen LogP contribution in [0, 0.1) is 25.0 Å². The van der Waals surface area contributed by atoms with Gasteiger partial charge in [0.15, 0.2) is 0 Å². The van der Waals surface area contributed by atoms with Crippen LogP contribution in [0.2, 0.25) is 0 Å². The Hall–Kier alpha value is -3.01. The molecule has 10 nitrogen and oxygen atoms in total. The molecule has 0 bridgehead atoms. The van der Waals surface area contributed by atoms with Gasteiger partial charge in [0.25, 0.3) is 0 Å². The maximum atomic E-state index is 10.8. The van der Waals surface area contributed by atoms with Crippen LogP contribution in [0.4, 0.5) is 5.95 Å². The van der Waals surface area contributed by atoms with E-state index in [0.717, 1.165) is 13.9 Å². The van der Waals surface area contributed by atoms with E-state index < -0.39 is 16.8 Å². The number of ether oxygens (including phenoxy) is 1. The van der Waals surface area contributed by atoms with Gasteiger partial charge in [-0.15, -0.1) is 0 Å². The third kappa shape index (κ3) is 3.03. The molecule has 1 atom stereocenters. The van der Waals surface area contributed by atoms with Gasteiger partial charge >= 0.3 is 5.95 Å². The van der Waals surface area contributed by atoms with E-state index in [1.54, 1.807) is 6.92 Å². The highest BCUT2D eigenvalue weighted by Gasteiger charge is 2.36. The highest BCUT2D eigenvalue weighted by atomic mass is 127. The molecule has 2 heterocycles. The third-order valence-corrected chi connectivity index (χ3v) is 4.21. The second-order valence-electron chi connectivity index (χ2n) is 5.06. The summed E-state index contributed by atoms with van der Waals surface area (Å²) in [5.41, 5.74) is 7.13. The number of halogens is 1. The molecule has 1 aromatic carbocycles. The van der Waals surface area contributed by atoms with E-state index in [2.05, 4.69) is 38.0 Å². The molecule has 0 saturated heterocycles. The fourth-order valence-electron chi connectivity index (χ4n) is 2.52.